The Morgan fingerprint density at radius 2 is 2.00 bits per heavy atom. The first-order valence-electron chi connectivity index (χ1n) is 4.88. The highest BCUT2D eigenvalue weighted by molar-refractivity contribution is 5.96. The van der Waals surface area contributed by atoms with E-state index in [0.717, 1.165) is 18.7 Å². The van der Waals surface area contributed by atoms with E-state index in [4.69, 9.17) is 0 Å². The minimum Gasteiger partial charge on any atom is -0.294 e. The number of carbonyl (C=O) groups is 1. The fourth-order valence-corrected chi connectivity index (χ4v) is 1.59. The van der Waals surface area contributed by atoms with Crippen LogP contribution in [0.25, 0.3) is 0 Å². The molecule has 2 nitrogen and oxygen atoms in total. The van der Waals surface area contributed by atoms with Gasteiger partial charge < -0.3 is 0 Å². The van der Waals surface area contributed by atoms with Gasteiger partial charge in [0.2, 0.25) is 0 Å². The number of ketones is 1. The van der Waals surface area contributed by atoms with Gasteiger partial charge in [-0.15, -0.1) is 0 Å². The third kappa shape index (κ3) is 2.41. The van der Waals surface area contributed by atoms with E-state index >= 15 is 0 Å². The van der Waals surface area contributed by atoms with Crippen molar-refractivity contribution in [2.45, 2.75) is 39.7 Å². The number of piperidine rings is 1. The van der Waals surface area contributed by atoms with E-state index in [9.17, 15) is 4.79 Å². The van der Waals surface area contributed by atoms with Gasteiger partial charge in [0.05, 0.1) is 0 Å². The van der Waals surface area contributed by atoms with Crippen molar-refractivity contribution in [3.63, 3.8) is 0 Å². The van der Waals surface area contributed by atoms with E-state index in [-0.39, 0.29) is 5.54 Å². The summed E-state index contributed by atoms with van der Waals surface area (Å²) in [5.74, 6) is 0.322. The number of nitrogens with zero attached hydrogens (tertiary/aromatic N) is 1. The molecule has 0 radical (unpaired) electrons. The Bertz CT molecular complexity index is 235. The molecule has 0 aromatic rings. The van der Waals surface area contributed by atoms with Crippen LogP contribution in [0.3, 0.4) is 0 Å². The summed E-state index contributed by atoms with van der Waals surface area (Å²) in [6.45, 7) is 10.2. The number of hydrogen-bond acceptors (Lipinski definition) is 2. The second-order valence-electron chi connectivity index (χ2n) is 4.58. The van der Waals surface area contributed by atoms with Crippen molar-refractivity contribution >= 4 is 5.78 Å². The zero-order chi connectivity index (χ0) is 10.1. The maximum atomic E-state index is 11.4. The minimum absolute atomic E-state index is 0.176. The molecule has 1 aliphatic rings. The van der Waals surface area contributed by atoms with Crippen molar-refractivity contribution in [2.24, 2.45) is 0 Å². The van der Waals surface area contributed by atoms with Crippen LogP contribution < -0.4 is 0 Å². The number of carbonyl (C=O) groups excluding carboxylic acids is 1. The molecule has 0 atom stereocenters. The molecule has 0 bridgehead atoms. The van der Waals surface area contributed by atoms with E-state index in [1.807, 2.05) is 13.0 Å². The molecule has 0 aromatic heterocycles. The first kappa shape index (κ1) is 10.5. The highest BCUT2D eigenvalue weighted by Gasteiger charge is 2.28. The van der Waals surface area contributed by atoms with E-state index in [2.05, 4.69) is 25.7 Å². The Kier molecular flexibility index (Phi) is 2.91. The first-order chi connectivity index (χ1) is 5.95. The second kappa shape index (κ2) is 3.62. The molecule has 1 fully saturated rings. The molecule has 2 heteroatoms. The lowest BCUT2D eigenvalue weighted by molar-refractivity contribution is -0.118. The molecule has 1 rings (SSSR count). The van der Waals surface area contributed by atoms with Gasteiger partial charge in [-0.2, -0.15) is 0 Å². The van der Waals surface area contributed by atoms with Crippen LogP contribution >= 0.6 is 0 Å². The van der Waals surface area contributed by atoms with Gasteiger partial charge in [-0.25, -0.2) is 0 Å². The lowest BCUT2D eigenvalue weighted by Gasteiger charge is -2.38. The SMILES string of the molecule is C/C=C1\CN(C(C)(C)C)CCC1=O. The van der Waals surface area contributed by atoms with Crippen LogP contribution in [-0.4, -0.2) is 29.3 Å². The molecule has 1 heterocycles. The van der Waals surface area contributed by atoms with Crippen molar-refractivity contribution in [3.8, 4) is 0 Å². The largest absolute Gasteiger partial charge is 0.294 e. The summed E-state index contributed by atoms with van der Waals surface area (Å²) in [4.78, 5) is 13.8. The Hall–Kier alpha value is -0.630. The quantitative estimate of drug-likeness (QED) is 0.533. The zero-order valence-electron chi connectivity index (χ0n) is 9.05. The number of Topliss-reactive ketones (excluding diaryl/α,β-unsaturated/α-hetero) is 1. The second-order valence-corrected chi connectivity index (χ2v) is 4.58. The van der Waals surface area contributed by atoms with E-state index < -0.39 is 0 Å². The summed E-state index contributed by atoms with van der Waals surface area (Å²) in [6.07, 6.45) is 2.62. The predicted molar refractivity (Wildman–Crippen MR) is 54.7 cm³/mol. The van der Waals surface area contributed by atoms with Crippen molar-refractivity contribution in [3.05, 3.63) is 11.6 Å². The van der Waals surface area contributed by atoms with Gasteiger partial charge in [0.25, 0.3) is 0 Å². The third-order valence-electron chi connectivity index (χ3n) is 2.63. The molecular formula is C11H19NO. The highest BCUT2D eigenvalue weighted by atomic mass is 16.1. The Morgan fingerprint density at radius 3 is 2.46 bits per heavy atom. The van der Waals surface area contributed by atoms with Gasteiger partial charge in [-0.1, -0.05) is 6.08 Å². The first-order valence-corrected chi connectivity index (χ1v) is 4.88. The molecule has 0 spiro atoms. The van der Waals surface area contributed by atoms with Gasteiger partial charge in [-0.05, 0) is 27.7 Å². The van der Waals surface area contributed by atoms with Gasteiger partial charge in [0.1, 0.15) is 0 Å². The number of likely N-dealkylation sites (tertiary alicyclic amines) is 1. The maximum Gasteiger partial charge on any atom is 0.161 e. The normalized spacial score (nSPS) is 24.0. The molecular weight excluding hydrogens is 162 g/mol. The van der Waals surface area contributed by atoms with Crippen LogP contribution in [0.15, 0.2) is 11.6 Å². The smallest absolute Gasteiger partial charge is 0.161 e. The fraction of sp³-hybridized carbons (Fsp3) is 0.727. The molecule has 1 aliphatic heterocycles. The Labute approximate surface area is 80.6 Å². The van der Waals surface area contributed by atoms with Crippen LogP contribution in [0.1, 0.15) is 34.1 Å². The van der Waals surface area contributed by atoms with Crippen molar-refractivity contribution in [2.75, 3.05) is 13.1 Å². The molecule has 0 saturated carbocycles. The summed E-state index contributed by atoms with van der Waals surface area (Å²) in [7, 11) is 0. The fourth-order valence-electron chi connectivity index (χ4n) is 1.59. The van der Waals surface area contributed by atoms with Crippen LogP contribution in [0.2, 0.25) is 0 Å². The Balaban J connectivity index is 2.71. The summed E-state index contributed by atoms with van der Waals surface area (Å²) in [5.41, 5.74) is 1.15. The van der Waals surface area contributed by atoms with Crippen molar-refractivity contribution in [1.82, 2.24) is 4.90 Å². The lowest BCUT2D eigenvalue weighted by atomic mass is 9.97. The molecule has 0 N–H and O–H groups in total. The highest BCUT2D eigenvalue weighted by Crippen LogP contribution is 2.20. The van der Waals surface area contributed by atoms with Crippen LogP contribution in [0, 0.1) is 0 Å². The monoisotopic (exact) mass is 181 g/mol. The summed E-state index contributed by atoms with van der Waals surface area (Å²) >= 11 is 0. The number of allylic oxidation sites excluding steroid dienone is 1. The average molecular weight is 181 g/mol. The van der Waals surface area contributed by atoms with Gasteiger partial charge in [-0.3, -0.25) is 9.69 Å². The summed E-state index contributed by atoms with van der Waals surface area (Å²) < 4.78 is 0. The molecule has 0 aromatic carbocycles. The van der Waals surface area contributed by atoms with Crippen LogP contribution in [-0.2, 0) is 4.79 Å². The summed E-state index contributed by atoms with van der Waals surface area (Å²) in [5, 5.41) is 0. The minimum atomic E-state index is 0.176. The van der Waals surface area contributed by atoms with Crippen LogP contribution in [0.4, 0.5) is 0 Å². The average Bonchev–Trinajstić information content (AvgIpc) is 2.03. The molecule has 1 saturated heterocycles. The van der Waals surface area contributed by atoms with Gasteiger partial charge >= 0.3 is 0 Å². The maximum absolute atomic E-state index is 11.4. The number of hydrogen-bond donors (Lipinski definition) is 0. The lowest BCUT2D eigenvalue weighted by Crippen LogP contribution is -2.47. The standard InChI is InChI=1S/C11H19NO/c1-5-9-8-12(11(2,3)4)7-6-10(9)13/h5H,6-8H2,1-4H3/b9-5+. The Morgan fingerprint density at radius 1 is 1.38 bits per heavy atom. The molecule has 74 valence electrons. The zero-order valence-corrected chi connectivity index (χ0v) is 9.05. The van der Waals surface area contributed by atoms with E-state index in [1.165, 1.54) is 0 Å². The number of rotatable bonds is 0. The third-order valence-corrected chi connectivity index (χ3v) is 2.63. The molecule has 0 aliphatic carbocycles. The molecule has 0 amide bonds. The molecule has 0 unspecified atom stereocenters. The molecule has 13 heavy (non-hydrogen) atoms. The predicted octanol–water partition coefficient (Wildman–Crippen LogP) is 2.01. The van der Waals surface area contributed by atoms with Gasteiger partial charge in [0.15, 0.2) is 5.78 Å². The van der Waals surface area contributed by atoms with E-state index in [1.54, 1.807) is 0 Å². The van der Waals surface area contributed by atoms with E-state index in [0.29, 0.717) is 12.2 Å². The van der Waals surface area contributed by atoms with Crippen molar-refractivity contribution in [1.29, 1.82) is 0 Å². The summed E-state index contributed by atoms with van der Waals surface area (Å²) in [6, 6.07) is 0. The van der Waals surface area contributed by atoms with Crippen molar-refractivity contribution < 1.29 is 4.79 Å². The topological polar surface area (TPSA) is 20.3 Å². The van der Waals surface area contributed by atoms with Gasteiger partial charge in [0, 0.05) is 30.6 Å². The van der Waals surface area contributed by atoms with Crippen LogP contribution in [0.5, 0.6) is 0 Å².